The summed E-state index contributed by atoms with van der Waals surface area (Å²) in [7, 11) is 0. The van der Waals surface area contributed by atoms with Gasteiger partial charge in [-0.25, -0.2) is 0 Å². The highest BCUT2D eigenvalue weighted by Crippen LogP contribution is 2.43. The number of hydrogen-bond acceptors (Lipinski definition) is 4. The van der Waals surface area contributed by atoms with Crippen LogP contribution in [0.15, 0.2) is 42.5 Å². The van der Waals surface area contributed by atoms with Crippen molar-refractivity contribution in [2.24, 2.45) is 5.92 Å². The van der Waals surface area contributed by atoms with Gasteiger partial charge in [-0.3, -0.25) is 0 Å². The van der Waals surface area contributed by atoms with Crippen LogP contribution in [0.1, 0.15) is 35.6 Å². The van der Waals surface area contributed by atoms with Crippen molar-refractivity contribution in [2.45, 2.75) is 25.4 Å². The number of ether oxygens (including phenoxy) is 2. The Bertz CT molecular complexity index is 777. The van der Waals surface area contributed by atoms with Crippen LogP contribution >= 0.6 is 0 Å². The lowest BCUT2D eigenvalue weighted by molar-refractivity contribution is 0.171. The number of benzene rings is 2. The van der Waals surface area contributed by atoms with E-state index in [1.54, 1.807) is 0 Å². The molecule has 0 radical (unpaired) electrons. The largest absolute Gasteiger partial charge is 0.486 e. The summed E-state index contributed by atoms with van der Waals surface area (Å²) in [5, 5.41) is 12.7. The summed E-state index contributed by atoms with van der Waals surface area (Å²) < 4.78 is 11.3. The number of nitriles is 1. The van der Waals surface area contributed by atoms with E-state index < -0.39 is 0 Å². The molecule has 1 aliphatic heterocycles. The molecule has 0 saturated heterocycles. The molecule has 1 heterocycles. The minimum atomic E-state index is 0.312. The van der Waals surface area contributed by atoms with Gasteiger partial charge in [0.1, 0.15) is 13.2 Å². The van der Waals surface area contributed by atoms with E-state index in [2.05, 4.69) is 29.6 Å². The van der Waals surface area contributed by atoms with Crippen molar-refractivity contribution in [3.63, 3.8) is 0 Å². The molecule has 0 spiro atoms. The van der Waals surface area contributed by atoms with E-state index >= 15 is 0 Å². The van der Waals surface area contributed by atoms with Crippen LogP contribution in [0.2, 0.25) is 0 Å². The lowest BCUT2D eigenvalue weighted by atomic mass is 10.0. The Kier molecular flexibility index (Phi) is 4.10. The van der Waals surface area contributed by atoms with Gasteiger partial charge in [0.15, 0.2) is 11.5 Å². The van der Waals surface area contributed by atoms with Gasteiger partial charge in [0.05, 0.1) is 11.6 Å². The van der Waals surface area contributed by atoms with Crippen molar-refractivity contribution in [1.29, 1.82) is 5.26 Å². The van der Waals surface area contributed by atoms with E-state index in [1.165, 1.54) is 18.4 Å². The maximum Gasteiger partial charge on any atom is 0.161 e. The molecule has 2 aromatic carbocycles. The summed E-state index contributed by atoms with van der Waals surface area (Å²) in [5.74, 6) is 2.35. The van der Waals surface area contributed by atoms with E-state index in [1.807, 2.05) is 24.3 Å². The van der Waals surface area contributed by atoms with Gasteiger partial charge in [-0.15, -0.1) is 0 Å². The Hall–Kier alpha value is -2.51. The predicted octanol–water partition coefficient (Wildman–Crippen LogP) is 3.57. The monoisotopic (exact) mass is 320 g/mol. The molecule has 122 valence electrons. The third-order valence-corrected chi connectivity index (χ3v) is 4.60. The van der Waals surface area contributed by atoms with Gasteiger partial charge >= 0.3 is 0 Å². The fraction of sp³-hybridized carbons (Fsp3) is 0.350. The van der Waals surface area contributed by atoms with Crippen LogP contribution in [0.5, 0.6) is 11.5 Å². The summed E-state index contributed by atoms with van der Waals surface area (Å²) in [6.07, 6.45) is 2.51. The highest BCUT2D eigenvalue weighted by Gasteiger charge is 2.32. The lowest BCUT2D eigenvalue weighted by Crippen LogP contribution is -2.23. The number of hydrogen-bond donors (Lipinski definition) is 1. The van der Waals surface area contributed by atoms with Crippen molar-refractivity contribution in [1.82, 2.24) is 5.32 Å². The first-order valence-corrected chi connectivity index (χ1v) is 8.45. The van der Waals surface area contributed by atoms with E-state index in [4.69, 9.17) is 14.7 Å². The predicted molar refractivity (Wildman–Crippen MR) is 90.9 cm³/mol. The van der Waals surface area contributed by atoms with Gasteiger partial charge in [-0.1, -0.05) is 18.2 Å². The van der Waals surface area contributed by atoms with Crippen LogP contribution in [0.4, 0.5) is 0 Å². The summed E-state index contributed by atoms with van der Waals surface area (Å²) in [6.45, 7) is 1.98. The maximum atomic E-state index is 9.03. The standard InChI is InChI=1S/C20H20N2O2/c21-12-14-2-1-3-15(10-14)13-22-20(16-4-5-16)17-6-7-18-19(11-17)24-9-8-23-18/h1-3,6-7,10-11,16,20,22H,4-5,8-9,13H2/t20-/m0/s1. The minimum Gasteiger partial charge on any atom is -0.486 e. The van der Waals surface area contributed by atoms with E-state index in [0.29, 0.717) is 30.7 Å². The van der Waals surface area contributed by atoms with Crippen molar-refractivity contribution in [3.05, 3.63) is 59.2 Å². The third kappa shape index (κ3) is 3.22. The molecule has 4 nitrogen and oxygen atoms in total. The van der Waals surface area contributed by atoms with Crippen LogP contribution in [-0.4, -0.2) is 13.2 Å². The molecule has 1 saturated carbocycles. The Labute approximate surface area is 142 Å². The quantitative estimate of drug-likeness (QED) is 0.915. The molecular weight excluding hydrogens is 300 g/mol. The molecule has 1 aliphatic carbocycles. The smallest absolute Gasteiger partial charge is 0.161 e. The Morgan fingerprint density at radius 3 is 2.71 bits per heavy atom. The van der Waals surface area contributed by atoms with Crippen LogP contribution in [0.25, 0.3) is 0 Å². The second-order valence-corrected chi connectivity index (χ2v) is 6.41. The molecule has 1 fully saturated rings. The number of nitrogens with one attached hydrogen (secondary N) is 1. The average Bonchev–Trinajstić information content (AvgIpc) is 3.47. The van der Waals surface area contributed by atoms with Crippen LogP contribution in [0.3, 0.4) is 0 Å². The first-order valence-electron chi connectivity index (χ1n) is 8.45. The summed E-state index contributed by atoms with van der Waals surface area (Å²) in [4.78, 5) is 0. The zero-order chi connectivity index (χ0) is 16.4. The highest BCUT2D eigenvalue weighted by atomic mass is 16.6. The fourth-order valence-electron chi connectivity index (χ4n) is 3.22. The first kappa shape index (κ1) is 15.0. The van der Waals surface area contributed by atoms with Crippen LogP contribution in [0, 0.1) is 17.2 Å². The summed E-state index contributed by atoms with van der Waals surface area (Å²) in [6, 6.07) is 16.5. The molecule has 1 atom stereocenters. The molecule has 0 unspecified atom stereocenters. The molecule has 4 heteroatoms. The Morgan fingerprint density at radius 1 is 1.08 bits per heavy atom. The van der Waals surface area contributed by atoms with Gasteiger partial charge in [0, 0.05) is 12.6 Å². The molecule has 2 aromatic rings. The summed E-state index contributed by atoms with van der Waals surface area (Å²) in [5.41, 5.74) is 3.09. The van der Waals surface area contributed by atoms with Crippen molar-refractivity contribution >= 4 is 0 Å². The van der Waals surface area contributed by atoms with Gasteiger partial charge in [0.2, 0.25) is 0 Å². The van der Waals surface area contributed by atoms with E-state index in [9.17, 15) is 0 Å². The zero-order valence-electron chi connectivity index (χ0n) is 13.5. The molecule has 4 rings (SSSR count). The van der Waals surface area contributed by atoms with Crippen molar-refractivity contribution < 1.29 is 9.47 Å². The molecule has 2 aliphatic rings. The van der Waals surface area contributed by atoms with Crippen LogP contribution in [-0.2, 0) is 6.54 Å². The number of fused-ring (bicyclic) bond motifs is 1. The Morgan fingerprint density at radius 2 is 1.92 bits per heavy atom. The third-order valence-electron chi connectivity index (χ3n) is 4.60. The van der Waals surface area contributed by atoms with Crippen molar-refractivity contribution in [2.75, 3.05) is 13.2 Å². The van der Waals surface area contributed by atoms with Crippen LogP contribution < -0.4 is 14.8 Å². The molecule has 0 aromatic heterocycles. The highest BCUT2D eigenvalue weighted by molar-refractivity contribution is 5.45. The molecule has 0 bridgehead atoms. The van der Waals surface area contributed by atoms with Gasteiger partial charge in [0.25, 0.3) is 0 Å². The second-order valence-electron chi connectivity index (χ2n) is 6.41. The van der Waals surface area contributed by atoms with Gasteiger partial charge < -0.3 is 14.8 Å². The van der Waals surface area contributed by atoms with E-state index in [-0.39, 0.29) is 0 Å². The van der Waals surface area contributed by atoms with Gasteiger partial charge in [-0.2, -0.15) is 5.26 Å². The number of rotatable bonds is 5. The normalized spacial score (nSPS) is 17.1. The zero-order valence-corrected chi connectivity index (χ0v) is 13.5. The van der Waals surface area contributed by atoms with Crippen molar-refractivity contribution in [3.8, 4) is 17.6 Å². The molecular formula is C20H20N2O2. The lowest BCUT2D eigenvalue weighted by Gasteiger charge is -2.23. The molecule has 0 amide bonds. The van der Waals surface area contributed by atoms with Gasteiger partial charge in [-0.05, 0) is 54.2 Å². The SMILES string of the molecule is N#Cc1cccc(CN[C@H](c2ccc3c(c2)OCCO3)C2CC2)c1. The molecule has 1 N–H and O–H groups in total. The number of nitrogens with zero attached hydrogens (tertiary/aromatic N) is 1. The minimum absolute atomic E-state index is 0.312. The second kappa shape index (κ2) is 6.54. The topological polar surface area (TPSA) is 54.3 Å². The Balaban J connectivity index is 1.51. The van der Waals surface area contributed by atoms with E-state index in [0.717, 1.165) is 23.6 Å². The summed E-state index contributed by atoms with van der Waals surface area (Å²) >= 11 is 0. The average molecular weight is 320 g/mol. The fourth-order valence-corrected chi connectivity index (χ4v) is 3.22. The molecule has 24 heavy (non-hydrogen) atoms. The maximum absolute atomic E-state index is 9.03. The first-order chi connectivity index (χ1) is 11.8.